The van der Waals surface area contributed by atoms with Crippen LogP contribution in [0.25, 0.3) is 10.2 Å². The summed E-state index contributed by atoms with van der Waals surface area (Å²) in [5.74, 6) is -0.775. The third-order valence-corrected chi connectivity index (χ3v) is 6.06. The Labute approximate surface area is 157 Å². The number of amides is 1. The first kappa shape index (κ1) is 17.8. The molecule has 0 spiro atoms. The largest absolute Gasteiger partial charge is 0.468 e. The Morgan fingerprint density at radius 2 is 2.00 bits per heavy atom. The average molecular weight is 395 g/mol. The van der Waals surface area contributed by atoms with Crippen LogP contribution in [-0.4, -0.2) is 23.6 Å². The topological polar surface area (TPSA) is 60.7 Å². The van der Waals surface area contributed by atoms with Gasteiger partial charge in [0.25, 0.3) is 5.91 Å². The van der Waals surface area contributed by atoms with Crippen molar-refractivity contribution in [3.63, 3.8) is 0 Å². The zero-order valence-electron chi connectivity index (χ0n) is 13.8. The molecule has 0 aliphatic carbocycles. The van der Waals surface area contributed by atoms with Gasteiger partial charge in [0.1, 0.15) is 6.54 Å². The first-order valence-corrected chi connectivity index (χ1v) is 9.42. The van der Waals surface area contributed by atoms with Gasteiger partial charge in [0.05, 0.1) is 26.5 Å². The summed E-state index contributed by atoms with van der Waals surface area (Å²) in [4.78, 5) is 29.4. The van der Waals surface area contributed by atoms with Gasteiger partial charge in [-0.3, -0.25) is 9.59 Å². The molecule has 5 nitrogen and oxygen atoms in total. The first-order chi connectivity index (χ1) is 11.9. The number of fused-ring (bicyclic) bond motifs is 1. The maximum absolute atomic E-state index is 12.4. The second-order valence-corrected chi connectivity index (χ2v) is 8.19. The van der Waals surface area contributed by atoms with Crippen molar-refractivity contribution >= 4 is 56.4 Å². The number of carbonyl (C=O) groups is 2. The number of rotatable bonds is 3. The van der Waals surface area contributed by atoms with E-state index in [9.17, 15) is 9.59 Å². The monoisotopic (exact) mass is 394 g/mol. The predicted octanol–water partition coefficient (Wildman–Crippen LogP) is 3.95. The lowest BCUT2D eigenvalue weighted by atomic mass is 10.1. The van der Waals surface area contributed by atoms with E-state index in [1.165, 1.54) is 29.8 Å². The van der Waals surface area contributed by atoms with Crippen LogP contribution in [0.2, 0.25) is 4.34 Å². The Balaban J connectivity index is 2.20. The molecule has 0 N–H and O–H groups in total. The number of thiazole rings is 1. The van der Waals surface area contributed by atoms with Crippen LogP contribution < -0.4 is 4.80 Å². The van der Waals surface area contributed by atoms with Gasteiger partial charge in [-0.1, -0.05) is 29.0 Å². The summed E-state index contributed by atoms with van der Waals surface area (Å²) in [7, 11) is 1.34. The van der Waals surface area contributed by atoms with E-state index in [-0.39, 0.29) is 12.5 Å². The lowest BCUT2D eigenvalue weighted by Gasteiger charge is -2.05. The average Bonchev–Trinajstić information content (AvgIpc) is 3.13. The van der Waals surface area contributed by atoms with Gasteiger partial charge in [-0.05, 0) is 43.2 Å². The molecule has 8 heteroatoms. The normalized spacial score (nSPS) is 11.9. The van der Waals surface area contributed by atoms with Crippen LogP contribution in [-0.2, 0) is 16.1 Å². The lowest BCUT2D eigenvalue weighted by molar-refractivity contribution is -0.141. The molecule has 2 heterocycles. The molecular weight excluding hydrogens is 380 g/mol. The van der Waals surface area contributed by atoms with Crippen molar-refractivity contribution in [1.82, 2.24) is 4.57 Å². The number of benzene rings is 1. The summed E-state index contributed by atoms with van der Waals surface area (Å²) >= 11 is 8.45. The molecule has 0 atom stereocenters. The molecule has 0 aliphatic heterocycles. The molecule has 0 saturated carbocycles. The highest BCUT2D eigenvalue weighted by Gasteiger charge is 2.15. The van der Waals surface area contributed by atoms with Gasteiger partial charge < -0.3 is 9.30 Å². The molecule has 0 bridgehead atoms. The quantitative estimate of drug-likeness (QED) is 0.632. The van der Waals surface area contributed by atoms with Crippen LogP contribution in [0.1, 0.15) is 20.8 Å². The SMILES string of the molecule is COC(=O)Cn1c(=NC(=O)c2ccc(Cl)s2)sc2c(C)cc(C)cc21. The summed E-state index contributed by atoms with van der Waals surface area (Å²) in [5.41, 5.74) is 3.01. The maximum atomic E-state index is 12.4. The van der Waals surface area contributed by atoms with Gasteiger partial charge in [-0.25, -0.2) is 0 Å². The number of halogens is 1. The van der Waals surface area contributed by atoms with Gasteiger partial charge >= 0.3 is 5.97 Å². The van der Waals surface area contributed by atoms with Crippen LogP contribution in [0.5, 0.6) is 0 Å². The van der Waals surface area contributed by atoms with Gasteiger partial charge in [0.15, 0.2) is 4.80 Å². The molecular formula is C17H15ClN2O3S2. The van der Waals surface area contributed by atoms with Gasteiger partial charge in [-0.15, -0.1) is 11.3 Å². The summed E-state index contributed by atoms with van der Waals surface area (Å²) in [6.45, 7) is 3.98. The van der Waals surface area contributed by atoms with Crippen molar-refractivity contribution < 1.29 is 14.3 Å². The zero-order chi connectivity index (χ0) is 18.1. The van der Waals surface area contributed by atoms with E-state index in [1.807, 2.05) is 19.9 Å². The molecule has 1 amide bonds. The predicted molar refractivity (Wildman–Crippen MR) is 101 cm³/mol. The lowest BCUT2D eigenvalue weighted by Crippen LogP contribution is -2.22. The van der Waals surface area contributed by atoms with Crippen LogP contribution >= 0.6 is 34.3 Å². The molecule has 0 fully saturated rings. The zero-order valence-corrected chi connectivity index (χ0v) is 16.2. The Bertz CT molecular complexity index is 1050. The Kier molecular flexibility index (Phi) is 5.08. The standard InChI is InChI=1S/C17H15ClN2O3S2/c1-9-6-10(2)15-11(7-9)20(8-14(21)23-3)17(25-15)19-16(22)12-4-5-13(18)24-12/h4-7H,8H2,1-3H3. The van der Waals surface area contributed by atoms with Crippen molar-refractivity contribution in [3.05, 3.63) is 49.4 Å². The molecule has 3 rings (SSSR count). The molecule has 0 unspecified atom stereocenters. The third-order valence-electron chi connectivity index (χ3n) is 3.61. The van der Waals surface area contributed by atoms with Gasteiger partial charge in [0, 0.05) is 0 Å². The number of ether oxygens (including phenoxy) is 1. The van der Waals surface area contributed by atoms with E-state index in [4.69, 9.17) is 16.3 Å². The minimum atomic E-state index is -0.396. The number of carbonyl (C=O) groups excluding carboxylic acids is 2. The van der Waals surface area contributed by atoms with Crippen molar-refractivity contribution in [1.29, 1.82) is 0 Å². The van der Waals surface area contributed by atoms with E-state index in [0.717, 1.165) is 21.3 Å². The smallest absolute Gasteiger partial charge is 0.325 e. The number of nitrogens with zero attached hydrogens (tertiary/aromatic N) is 2. The van der Waals surface area contributed by atoms with Gasteiger partial charge in [-0.2, -0.15) is 4.99 Å². The van der Waals surface area contributed by atoms with E-state index in [0.29, 0.717) is 14.0 Å². The minimum absolute atomic E-state index is 0.00327. The van der Waals surface area contributed by atoms with Crippen molar-refractivity contribution in [2.45, 2.75) is 20.4 Å². The number of aryl methyl sites for hydroxylation is 2. The van der Waals surface area contributed by atoms with Crippen LogP contribution in [0.15, 0.2) is 29.3 Å². The highest BCUT2D eigenvalue weighted by molar-refractivity contribution is 7.18. The fourth-order valence-corrected chi connectivity index (χ4v) is 4.52. The molecule has 0 aliphatic rings. The fourth-order valence-electron chi connectivity index (χ4n) is 2.52. The third kappa shape index (κ3) is 3.68. The van der Waals surface area contributed by atoms with Crippen LogP contribution in [0, 0.1) is 13.8 Å². The number of hydrogen-bond donors (Lipinski definition) is 0. The van der Waals surface area contributed by atoms with Crippen molar-refractivity contribution in [2.24, 2.45) is 4.99 Å². The number of thiophene rings is 1. The van der Waals surface area contributed by atoms with Gasteiger partial charge in [0.2, 0.25) is 0 Å². The number of methoxy groups -OCH3 is 1. The number of esters is 1. The minimum Gasteiger partial charge on any atom is -0.468 e. The Hall–Kier alpha value is -1.96. The van der Waals surface area contributed by atoms with Crippen molar-refractivity contribution in [2.75, 3.05) is 7.11 Å². The van der Waals surface area contributed by atoms with E-state index < -0.39 is 5.97 Å². The summed E-state index contributed by atoms with van der Waals surface area (Å²) in [6.07, 6.45) is 0. The fraction of sp³-hybridized carbons (Fsp3) is 0.235. The summed E-state index contributed by atoms with van der Waals surface area (Å²) < 4.78 is 8.03. The van der Waals surface area contributed by atoms with Crippen LogP contribution in [0.3, 0.4) is 0 Å². The molecule has 130 valence electrons. The number of hydrogen-bond acceptors (Lipinski definition) is 5. The maximum Gasteiger partial charge on any atom is 0.325 e. The first-order valence-electron chi connectivity index (χ1n) is 7.41. The highest BCUT2D eigenvalue weighted by Crippen LogP contribution is 2.25. The molecule has 0 radical (unpaired) electrons. The van der Waals surface area contributed by atoms with E-state index in [1.54, 1.807) is 16.7 Å². The molecule has 1 aromatic carbocycles. The molecule has 0 saturated heterocycles. The summed E-state index contributed by atoms with van der Waals surface area (Å²) in [5, 5.41) is 0. The summed E-state index contributed by atoms with van der Waals surface area (Å²) in [6, 6.07) is 7.35. The Morgan fingerprint density at radius 1 is 1.24 bits per heavy atom. The second-order valence-electron chi connectivity index (χ2n) is 5.50. The number of aromatic nitrogens is 1. The molecule has 2 aromatic heterocycles. The molecule has 3 aromatic rings. The van der Waals surface area contributed by atoms with E-state index >= 15 is 0 Å². The van der Waals surface area contributed by atoms with Crippen LogP contribution in [0.4, 0.5) is 0 Å². The van der Waals surface area contributed by atoms with Crippen molar-refractivity contribution in [3.8, 4) is 0 Å². The van der Waals surface area contributed by atoms with E-state index in [2.05, 4.69) is 11.1 Å². The second kappa shape index (κ2) is 7.11. The highest BCUT2D eigenvalue weighted by atomic mass is 35.5. The molecule has 25 heavy (non-hydrogen) atoms. The Morgan fingerprint density at radius 3 is 2.64 bits per heavy atom.